The molecule has 0 N–H and O–H groups in total. The molecular weight excluding hydrogens is 278 g/mol. The van der Waals surface area contributed by atoms with Gasteiger partial charge in [0, 0.05) is 16.3 Å². The van der Waals surface area contributed by atoms with Crippen molar-refractivity contribution >= 4 is 28.7 Å². The normalized spacial score (nSPS) is 10.5. The molecule has 2 heterocycles. The molecule has 3 rings (SSSR count). The van der Waals surface area contributed by atoms with Gasteiger partial charge in [0.25, 0.3) is 0 Å². The van der Waals surface area contributed by atoms with Crippen LogP contribution in [0.25, 0.3) is 11.3 Å². The first-order valence-electron chi connectivity index (χ1n) is 5.63. The maximum atomic E-state index is 11.9. The van der Waals surface area contributed by atoms with E-state index in [-0.39, 0.29) is 12.2 Å². The summed E-state index contributed by atoms with van der Waals surface area (Å²) in [5.74, 6) is -0.0392. The van der Waals surface area contributed by atoms with Crippen molar-refractivity contribution in [3.8, 4) is 11.3 Å². The zero-order valence-corrected chi connectivity index (χ0v) is 11.4. The molecule has 0 saturated heterocycles. The van der Waals surface area contributed by atoms with Crippen LogP contribution in [0.5, 0.6) is 0 Å². The molecule has 19 heavy (non-hydrogen) atoms. The number of benzene rings is 1. The van der Waals surface area contributed by atoms with Crippen molar-refractivity contribution in [1.29, 1.82) is 0 Å². The van der Waals surface area contributed by atoms with Crippen molar-refractivity contribution in [2.24, 2.45) is 0 Å². The molecule has 0 radical (unpaired) electrons. The summed E-state index contributed by atoms with van der Waals surface area (Å²) in [6.45, 7) is 0. The fourth-order valence-corrected chi connectivity index (χ4v) is 2.91. The highest BCUT2D eigenvalue weighted by Crippen LogP contribution is 2.22. The lowest BCUT2D eigenvalue weighted by atomic mass is 10.2. The van der Waals surface area contributed by atoms with Gasteiger partial charge in [0.05, 0.1) is 12.1 Å². The van der Waals surface area contributed by atoms with Crippen LogP contribution in [-0.4, -0.2) is 20.4 Å². The van der Waals surface area contributed by atoms with Gasteiger partial charge in [0.1, 0.15) is 10.7 Å². The molecule has 0 atom stereocenters. The van der Waals surface area contributed by atoms with E-state index in [0.29, 0.717) is 5.69 Å². The second-order valence-electron chi connectivity index (χ2n) is 3.88. The summed E-state index contributed by atoms with van der Waals surface area (Å²) in [6.07, 6.45) is 0.281. The molecule has 0 aliphatic carbocycles. The van der Waals surface area contributed by atoms with Gasteiger partial charge in [-0.3, -0.25) is 4.79 Å². The van der Waals surface area contributed by atoms with E-state index in [1.54, 1.807) is 5.38 Å². The number of carbonyl (C=O) groups is 1. The number of nitrogens with zero attached hydrogens (tertiary/aromatic N) is 3. The Morgan fingerprint density at radius 3 is 2.74 bits per heavy atom. The summed E-state index contributed by atoms with van der Waals surface area (Å²) >= 11 is 2.67. The largest absolute Gasteiger partial charge is 0.292 e. The Morgan fingerprint density at radius 2 is 2.00 bits per heavy atom. The number of Topliss-reactive ketones (excluding diaryl/α,β-unsaturated/α-hetero) is 1. The van der Waals surface area contributed by atoms with E-state index in [9.17, 15) is 4.79 Å². The molecule has 6 heteroatoms. The molecule has 0 aliphatic rings. The van der Waals surface area contributed by atoms with Gasteiger partial charge in [-0.2, -0.15) is 0 Å². The highest BCUT2D eigenvalue weighted by atomic mass is 32.1. The summed E-state index contributed by atoms with van der Waals surface area (Å²) < 4.78 is 3.69. The Labute approximate surface area is 117 Å². The number of ketones is 1. The van der Waals surface area contributed by atoms with E-state index in [1.165, 1.54) is 22.9 Å². The van der Waals surface area contributed by atoms with Gasteiger partial charge in [0.15, 0.2) is 5.78 Å². The molecule has 0 bridgehead atoms. The van der Waals surface area contributed by atoms with Gasteiger partial charge in [-0.05, 0) is 11.5 Å². The molecule has 3 aromatic rings. The number of rotatable bonds is 4. The molecule has 94 valence electrons. The number of hydrogen-bond acceptors (Lipinski definition) is 6. The Balaban J connectivity index is 1.77. The predicted molar refractivity (Wildman–Crippen MR) is 75.5 cm³/mol. The van der Waals surface area contributed by atoms with E-state index in [2.05, 4.69) is 14.6 Å². The summed E-state index contributed by atoms with van der Waals surface area (Å²) in [7, 11) is 0. The van der Waals surface area contributed by atoms with E-state index >= 15 is 0 Å². The van der Waals surface area contributed by atoms with Crippen LogP contribution in [0.2, 0.25) is 0 Å². The molecule has 4 nitrogen and oxygen atoms in total. The molecule has 0 spiro atoms. The zero-order valence-electron chi connectivity index (χ0n) is 9.81. The summed E-state index contributed by atoms with van der Waals surface area (Å²) in [6, 6.07) is 9.92. The van der Waals surface area contributed by atoms with Gasteiger partial charge in [-0.25, -0.2) is 4.98 Å². The van der Waals surface area contributed by atoms with Crippen molar-refractivity contribution in [2.75, 3.05) is 0 Å². The first-order valence-corrected chi connectivity index (χ1v) is 7.34. The van der Waals surface area contributed by atoms with Crippen LogP contribution in [0.3, 0.4) is 0 Å². The van der Waals surface area contributed by atoms with Crippen LogP contribution in [0.4, 0.5) is 0 Å². The van der Waals surface area contributed by atoms with Crippen LogP contribution in [0, 0.1) is 0 Å². The summed E-state index contributed by atoms with van der Waals surface area (Å²) in [5.41, 5.74) is 2.39. The van der Waals surface area contributed by atoms with Crippen LogP contribution in [-0.2, 0) is 6.42 Å². The smallest absolute Gasteiger partial charge is 0.190 e. The van der Waals surface area contributed by atoms with Crippen molar-refractivity contribution in [3.63, 3.8) is 0 Å². The predicted octanol–water partition coefficient (Wildman–Crippen LogP) is 3.09. The van der Waals surface area contributed by atoms with Gasteiger partial charge in [0.2, 0.25) is 0 Å². The van der Waals surface area contributed by atoms with Crippen LogP contribution in [0.1, 0.15) is 15.5 Å². The number of hydrogen-bond donors (Lipinski definition) is 0. The monoisotopic (exact) mass is 287 g/mol. The highest BCUT2D eigenvalue weighted by Gasteiger charge is 2.13. The molecule has 1 aromatic carbocycles. The number of thiazole rings is 1. The van der Waals surface area contributed by atoms with Crippen LogP contribution < -0.4 is 0 Å². The van der Waals surface area contributed by atoms with Gasteiger partial charge < -0.3 is 0 Å². The minimum Gasteiger partial charge on any atom is -0.292 e. The SMILES string of the molecule is O=C(Cc1nc(-c2ccccc2)cs1)c1csnn1. The quantitative estimate of drug-likeness (QED) is 0.692. The maximum Gasteiger partial charge on any atom is 0.190 e. The van der Waals surface area contributed by atoms with Gasteiger partial charge in [-0.1, -0.05) is 34.8 Å². The lowest BCUT2D eigenvalue weighted by molar-refractivity contribution is 0.0988. The lowest BCUT2D eigenvalue weighted by Gasteiger charge is -1.94. The Morgan fingerprint density at radius 1 is 1.16 bits per heavy atom. The second kappa shape index (κ2) is 5.38. The lowest BCUT2D eigenvalue weighted by Crippen LogP contribution is -2.03. The standard InChI is InChI=1S/C13H9N3OS2/c17-12(11-8-19-16-15-11)6-13-14-10(7-18-13)9-4-2-1-3-5-9/h1-5,7-8H,6H2. The highest BCUT2D eigenvalue weighted by molar-refractivity contribution is 7.10. The molecule has 0 saturated carbocycles. The van der Waals surface area contributed by atoms with E-state index < -0.39 is 0 Å². The Hall–Kier alpha value is -1.92. The van der Waals surface area contributed by atoms with Crippen LogP contribution >= 0.6 is 22.9 Å². The average Bonchev–Trinajstić information content (AvgIpc) is 3.11. The molecule has 0 unspecified atom stereocenters. The average molecular weight is 287 g/mol. The Kier molecular flexibility index (Phi) is 3.43. The van der Waals surface area contributed by atoms with E-state index in [1.807, 2.05) is 35.7 Å². The first-order chi connectivity index (χ1) is 9.33. The molecule has 0 amide bonds. The number of carbonyl (C=O) groups excluding carboxylic acids is 1. The summed E-state index contributed by atoms with van der Waals surface area (Å²) in [5, 5.41) is 8.21. The van der Waals surface area contributed by atoms with Crippen molar-refractivity contribution in [2.45, 2.75) is 6.42 Å². The third-order valence-corrected chi connectivity index (χ3v) is 3.93. The first kappa shape index (κ1) is 12.1. The van der Waals surface area contributed by atoms with E-state index in [4.69, 9.17) is 0 Å². The van der Waals surface area contributed by atoms with Crippen molar-refractivity contribution in [3.05, 3.63) is 51.8 Å². The Bertz CT molecular complexity index is 677. The van der Waals surface area contributed by atoms with Crippen molar-refractivity contribution < 1.29 is 4.79 Å². The minimum atomic E-state index is -0.0392. The fourth-order valence-electron chi connectivity index (χ4n) is 1.65. The minimum absolute atomic E-state index is 0.0392. The fraction of sp³-hybridized carbons (Fsp3) is 0.0769. The third-order valence-electron chi connectivity index (χ3n) is 2.58. The van der Waals surface area contributed by atoms with Crippen molar-refractivity contribution in [1.82, 2.24) is 14.6 Å². The summed E-state index contributed by atoms with van der Waals surface area (Å²) in [4.78, 5) is 16.4. The molecular formula is C13H9N3OS2. The topological polar surface area (TPSA) is 55.7 Å². The van der Waals surface area contributed by atoms with E-state index in [0.717, 1.165) is 16.3 Å². The second-order valence-corrected chi connectivity index (χ2v) is 5.44. The molecule has 0 fully saturated rings. The van der Waals surface area contributed by atoms with Gasteiger partial charge >= 0.3 is 0 Å². The van der Waals surface area contributed by atoms with Crippen LogP contribution in [0.15, 0.2) is 41.1 Å². The maximum absolute atomic E-state index is 11.9. The molecule has 2 aromatic heterocycles. The third kappa shape index (κ3) is 2.74. The zero-order chi connectivity index (χ0) is 13.1. The molecule has 0 aliphatic heterocycles. The van der Waals surface area contributed by atoms with Gasteiger partial charge in [-0.15, -0.1) is 16.4 Å². The number of aromatic nitrogens is 3.